The maximum atomic E-state index is 13.5. The fraction of sp³-hybridized carbons (Fsp3) is 0.0435. The second-order valence-electron chi connectivity index (χ2n) is 6.62. The van der Waals surface area contributed by atoms with Crippen LogP contribution < -0.4 is 15.0 Å². The maximum absolute atomic E-state index is 13.5. The van der Waals surface area contributed by atoms with E-state index in [1.165, 1.54) is 31.4 Å². The van der Waals surface area contributed by atoms with Crippen molar-refractivity contribution >= 4 is 52.0 Å². The lowest BCUT2D eigenvalue weighted by molar-refractivity contribution is -0.120. The molecule has 0 saturated carbocycles. The zero-order valence-electron chi connectivity index (χ0n) is 16.2. The molecule has 0 radical (unpaired) electrons. The standard InChI is InChI=1S/C23H15Cl2FN2O3/c1-31-19-11-8-14(24)12-17(19)27-21-20(13-6-9-15(26)10-7-13)22(29)28(23(21)30)18-5-3-2-4-16(18)25/h2-12,27H,1H3. The molecule has 3 aromatic rings. The molecule has 31 heavy (non-hydrogen) atoms. The number of rotatable bonds is 5. The van der Waals surface area contributed by atoms with Gasteiger partial charge in [-0.05, 0) is 48.0 Å². The molecule has 4 rings (SSSR count). The number of nitrogens with one attached hydrogen (secondary N) is 1. The number of benzene rings is 3. The second kappa shape index (κ2) is 8.41. The summed E-state index contributed by atoms with van der Waals surface area (Å²) in [6.45, 7) is 0. The Morgan fingerprint density at radius 1 is 0.935 bits per heavy atom. The van der Waals surface area contributed by atoms with Crippen LogP contribution in [0.4, 0.5) is 15.8 Å². The Labute approximate surface area is 187 Å². The highest BCUT2D eigenvalue weighted by Gasteiger charge is 2.41. The second-order valence-corrected chi connectivity index (χ2v) is 7.47. The first kappa shape index (κ1) is 20.9. The SMILES string of the molecule is COc1ccc(Cl)cc1NC1=C(c2ccc(F)cc2)C(=O)N(c2ccccc2Cl)C1=O. The third kappa shape index (κ3) is 3.87. The van der Waals surface area contributed by atoms with Crippen molar-refractivity contribution in [2.75, 3.05) is 17.3 Å². The van der Waals surface area contributed by atoms with Crippen molar-refractivity contribution in [3.05, 3.63) is 93.9 Å². The maximum Gasteiger partial charge on any atom is 0.282 e. The molecule has 1 N–H and O–H groups in total. The van der Waals surface area contributed by atoms with Gasteiger partial charge in [0.05, 0.1) is 29.1 Å². The molecule has 5 nitrogen and oxygen atoms in total. The average Bonchev–Trinajstić information content (AvgIpc) is 2.99. The number of methoxy groups -OCH3 is 1. The van der Waals surface area contributed by atoms with Crippen molar-refractivity contribution in [2.45, 2.75) is 0 Å². The zero-order chi connectivity index (χ0) is 22.1. The highest BCUT2D eigenvalue weighted by molar-refractivity contribution is 6.48. The summed E-state index contributed by atoms with van der Waals surface area (Å²) in [5.41, 5.74) is 1.09. The van der Waals surface area contributed by atoms with Gasteiger partial charge in [0.2, 0.25) is 0 Å². The molecule has 0 aromatic heterocycles. The van der Waals surface area contributed by atoms with Gasteiger partial charge in [-0.15, -0.1) is 0 Å². The van der Waals surface area contributed by atoms with Crippen molar-refractivity contribution in [2.24, 2.45) is 0 Å². The molecule has 1 aliphatic rings. The number of nitrogens with zero attached hydrogens (tertiary/aromatic N) is 1. The van der Waals surface area contributed by atoms with E-state index in [1.54, 1.807) is 42.5 Å². The van der Waals surface area contributed by atoms with Gasteiger partial charge in [0, 0.05) is 5.02 Å². The normalized spacial score (nSPS) is 13.7. The van der Waals surface area contributed by atoms with Crippen LogP contribution >= 0.6 is 23.2 Å². The molecular formula is C23H15Cl2FN2O3. The summed E-state index contributed by atoms with van der Waals surface area (Å²) in [4.78, 5) is 27.7. The van der Waals surface area contributed by atoms with Gasteiger partial charge in [0.25, 0.3) is 11.8 Å². The smallest absolute Gasteiger partial charge is 0.282 e. The number of carbonyl (C=O) groups excluding carboxylic acids is 2. The molecule has 1 heterocycles. The number of amides is 2. The Bertz CT molecular complexity index is 1230. The van der Waals surface area contributed by atoms with Crippen LogP contribution in [0.5, 0.6) is 5.75 Å². The largest absolute Gasteiger partial charge is 0.495 e. The van der Waals surface area contributed by atoms with Crippen LogP contribution in [0, 0.1) is 5.82 Å². The van der Waals surface area contributed by atoms with Crippen LogP contribution in [-0.2, 0) is 9.59 Å². The highest BCUT2D eigenvalue weighted by Crippen LogP contribution is 2.38. The van der Waals surface area contributed by atoms with Gasteiger partial charge in [-0.25, -0.2) is 9.29 Å². The molecule has 0 atom stereocenters. The van der Waals surface area contributed by atoms with E-state index in [9.17, 15) is 14.0 Å². The summed E-state index contributed by atoms with van der Waals surface area (Å²) in [7, 11) is 1.47. The minimum Gasteiger partial charge on any atom is -0.495 e. The van der Waals surface area contributed by atoms with Crippen LogP contribution in [0.1, 0.15) is 5.56 Å². The molecular weight excluding hydrogens is 442 g/mol. The summed E-state index contributed by atoms with van der Waals surface area (Å²) in [5.74, 6) is -1.24. The predicted molar refractivity (Wildman–Crippen MR) is 119 cm³/mol. The van der Waals surface area contributed by atoms with Gasteiger partial charge >= 0.3 is 0 Å². The molecule has 2 amide bonds. The van der Waals surface area contributed by atoms with Crippen LogP contribution in [0.2, 0.25) is 10.0 Å². The molecule has 0 bridgehead atoms. The van der Waals surface area contributed by atoms with Gasteiger partial charge in [-0.1, -0.05) is 47.5 Å². The Kier molecular flexibility index (Phi) is 5.67. The number of anilines is 2. The van der Waals surface area contributed by atoms with E-state index in [0.29, 0.717) is 22.0 Å². The van der Waals surface area contributed by atoms with Gasteiger partial charge in [0.15, 0.2) is 0 Å². The molecule has 0 unspecified atom stereocenters. The Morgan fingerprint density at radius 3 is 2.32 bits per heavy atom. The third-order valence-electron chi connectivity index (χ3n) is 4.73. The first-order valence-electron chi connectivity index (χ1n) is 9.15. The van der Waals surface area contributed by atoms with Crippen LogP contribution in [-0.4, -0.2) is 18.9 Å². The van der Waals surface area contributed by atoms with Crippen molar-refractivity contribution in [3.63, 3.8) is 0 Å². The van der Waals surface area contributed by atoms with Crippen LogP contribution in [0.25, 0.3) is 5.57 Å². The number of para-hydroxylation sites is 1. The lowest BCUT2D eigenvalue weighted by atomic mass is 10.0. The van der Waals surface area contributed by atoms with E-state index in [2.05, 4.69) is 5.32 Å². The summed E-state index contributed by atoms with van der Waals surface area (Å²) in [5, 5.41) is 3.63. The van der Waals surface area contributed by atoms with E-state index in [-0.39, 0.29) is 22.0 Å². The van der Waals surface area contributed by atoms with Crippen LogP contribution in [0.15, 0.2) is 72.4 Å². The summed E-state index contributed by atoms with van der Waals surface area (Å²) >= 11 is 12.4. The van der Waals surface area contributed by atoms with Gasteiger partial charge in [0.1, 0.15) is 17.3 Å². The first-order valence-corrected chi connectivity index (χ1v) is 9.90. The molecule has 0 aliphatic carbocycles. The van der Waals surface area contributed by atoms with Gasteiger partial charge in [-0.3, -0.25) is 9.59 Å². The quantitative estimate of drug-likeness (QED) is 0.512. The van der Waals surface area contributed by atoms with E-state index in [0.717, 1.165) is 4.90 Å². The molecule has 3 aromatic carbocycles. The van der Waals surface area contributed by atoms with E-state index in [1.807, 2.05) is 0 Å². The molecule has 156 valence electrons. The topological polar surface area (TPSA) is 58.6 Å². The number of hydrogen-bond donors (Lipinski definition) is 1. The lowest BCUT2D eigenvalue weighted by Gasteiger charge is -2.17. The monoisotopic (exact) mass is 456 g/mol. The summed E-state index contributed by atoms with van der Waals surface area (Å²) in [6, 6.07) is 16.7. The van der Waals surface area contributed by atoms with Crippen molar-refractivity contribution < 1.29 is 18.7 Å². The number of ether oxygens (including phenoxy) is 1. The van der Waals surface area contributed by atoms with Crippen LogP contribution in [0.3, 0.4) is 0 Å². The molecule has 0 spiro atoms. The minimum atomic E-state index is -0.612. The average molecular weight is 457 g/mol. The van der Waals surface area contributed by atoms with Gasteiger partial charge < -0.3 is 10.1 Å². The Balaban J connectivity index is 1.87. The van der Waals surface area contributed by atoms with E-state index < -0.39 is 17.6 Å². The zero-order valence-corrected chi connectivity index (χ0v) is 17.7. The minimum absolute atomic E-state index is 0.00269. The summed E-state index contributed by atoms with van der Waals surface area (Å²) < 4.78 is 18.8. The Hall–Kier alpha value is -3.35. The third-order valence-corrected chi connectivity index (χ3v) is 5.29. The number of hydrogen-bond acceptors (Lipinski definition) is 4. The van der Waals surface area contributed by atoms with E-state index in [4.69, 9.17) is 27.9 Å². The predicted octanol–water partition coefficient (Wildman–Crippen LogP) is 5.54. The number of imide groups is 1. The fourth-order valence-electron chi connectivity index (χ4n) is 3.29. The molecule has 0 fully saturated rings. The molecule has 1 aliphatic heterocycles. The number of halogens is 3. The van der Waals surface area contributed by atoms with Crippen molar-refractivity contribution in [3.8, 4) is 5.75 Å². The first-order chi connectivity index (χ1) is 14.9. The molecule has 8 heteroatoms. The van der Waals surface area contributed by atoms with Crippen molar-refractivity contribution in [1.29, 1.82) is 0 Å². The Morgan fingerprint density at radius 2 is 1.65 bits per heavy atom. The fourth-order valence-corrected chi connectivity index (χ4v) is 3.69. The highest BCUT2D eigenvalue weighted by atomic mass is 35.5. The lowest BCUT2D eigenvalue weighted by Crippen LogP contribution is -2.32. The number of carbonyl (C=O) groups is 2. The molecule has 0 saturated heterocycles. The summed E-state index contributed by atoms with van der Waals surface area (Å²) in [6.07, 6.45) is 0. The van der Waals surface area contributed by atoms with Crippen molar-refractivity contribution in [1.82, 2.24) is 0 Å². The van der Waals surface area contributed by atoms with Gasteiger partial charge in [-0.2, -0.15) is 0 Å². The van der Waals surface area contributed by atoms with E-state index >= 15 is 0 Å².